The lowest BCUT2D eigenvalue weighted by molar-refractivity contribution is 0.391. The van der Waals surface area contributed by atoms with Crippen molar-refractivity contribution in [1.29, 1.82) is 0 Å². The van der Waals surface area contributed by atoms with Crippen molar-refractivity contribution < 1.29 is 0 Å². The predicted molar refractivity (Wildman–Crippen MR) is 82.1 cm³/mol. The Balaban J connectivity index is 1.89. The van der Waals surface area contributed by atoms with Crippen molar-refractivity contribution in [3.63, 3.8) is 0 Å². The maximum absolute atomic E-state index is 4.63. The molecule has 2 aromatic rings. The zero-order chi connectivity index (χ0) is 14.1. The summed E-state index contributed by atoms with van der Waals surface area (Å²) in [6.07, 6.45) is 9.52. The van der Waals surface area contributed by atoms with Crippen LogP contribution in [0.15, 0.2) is 18.6 Å². The molecule has 3 unspecified atom stereocenters. The average molecular weight is 273 g/mol. The molecule has 1 saturated carbocycles. The second-order valence-electron chi connectivity index (χ2n) is 5.74. The summed E-state index contributed by atoms with van der Waals surface area (Å²) in [6.45, 7) is 4.64. The zero-order valence-corrected chi connectivity index (χ0v) is 12.4. The third-order valence-corrected chi connectivity index (χ3v) is 4.70. The molecule has 5 heteroatoms. The lowest BCUT2D eigenvalue weighted by Crippen LogP contribution is -2.25. The molecule has 3 rings (SSSR count). The summed E-state index contributed by atoms with van der Waals surface area (Å²) < 4.78 is 2.01. The second kappa shape index (κ2) is 5.31. The summed E-state index contributed by atoms with van der Waals surface area (Å²) in [4.78, 5) is 9.05. The third kappa shape index (κ3) is 2.21. The molecule has 108 valence electrons. The van der Waals surface area contributed by atoms with E-state index in [1.54, 1.807) is 0 Å². The largest absolute Gasteiger partial charge is 0.372 e. The van der Waals surface area contributed by atoms with E-state index in [0.717, 1.165) is 23.2 Å². The van der Waals surface area contributed by atoms with E-state index in [1.165, 1.54) is 19.3 Å². The molecule has 5 nitrogen and oxygen atoms in total. The van der Waals surface area contributed by atoms with E-state index >= 15 is 0 Å². The van der Waals surface area contributed by atoms with Crippen LogP contribution < -0.4 is 10.6 Å². The van der Waals surface area contributed by atoms with Crippen LogP contribution in [0.1, 0.15) is 33.1 Å². The van der Waals surface area contributed by atoms with E-state index in [4.69, 9.17) is 0 Å². The Morgan fingerprint density at radius 1 is 1.40 bits per heavy atom. The summed E-state index contributed by atoms with van der Waals surface area (Å²) in [5.74, 6) is 3.26. The number of rotatable bonds is 4. The number of nitrogens with zero attached hydrogens (tertiary/aromatic N) is 3. The quantitative estimate of drug-likeness (QED) is 0.899. The van der Waals surface area contributed by atoms with Gasteiger partial charge in [0.25, 0.3) is 0 Å². The van der Waals surface area contributed by atoms with E-state index < -0.39 is 0 Å². The van der Waals surface area contributed by atoms with Crippen LogP contribution in [0.2, 0.25) is 0 Å². The number of imidazole rings is 1. The van der Waals surface area contributed by atoms with Crippen LogP contribution in [0.5, 0.6) is 0 Å². The van der Waals surface area contributed by atoms with Gasteiger partial charge in [-0.2, -0.15) is 0 Å². The topological polar surface area (TPSA) is 54.2 Å². The molecule has 2 N–H and O–H groups in total. The van der Waals surface area contributed by atoms with Gasteiger partial charge in [-0.25, -0.2) is 9.97 Å². The van der Waals surface area contributed by atoms with Crippen molar-refractivity contribution in [3.8, 4) is 0 Å². The van der Waals surface area contributed by atoms with Crippen LogP contribution in [0.3, 0.4) is 0 Å². The molecule has 0 aliphatic heterocycles. The first-order valence-electron chi connectivity index (χ1n) is 7.51. The van der Waals surface area contributed by atoms with Gasteiger partial charge in [0, 0.05) is 25.5 Å². The highest BCUT2D eigenvalue weighted by molar-refractivity contribution is 5.65. The van der Waals surface area contributed by atoms with Gasteiger partial charge < -0.3 is 15.0 Å². The summed E-state index contributed by atoms with van der Waals surface area (Å²) >= 11 is 0. The van der Waals surface area contributed by atoms with E-state index in [2.05, 4.69) is 34.4 Å². The van der Waals surface area contributed by atoms with Gasteiger partial charge >= 0.3 is 0 Å². The van der Waals surface area contributed by atoms with Gasteiger partial charge in [-0.05, 0) is 24.7 Å². The van der Waals surface area contributed by atoms with Gasteiger partial charge in [-0.15, -0.1) is 0 Å². The number of fused-ring (bicyclic) bond motifs is 1. The smallest absolute Gasteiger partial charge is 0.180 e. The Labute approximate surface area is 119 Å². The molecule has 1 aliphatic rings. The Hall–Kier alpha value is -1.78. The summed E-state index contributed by atoms with van der Waals surface area (Å²) in [5, 5.41) is 6.73. The van der Waals surface area contributed by atoms with Crippen molar-refractivity contribution in [3.05, 3.63) is 18.6 Å². The van der Waals surface area contributed by atoms with Crippen molar-refractivity contribution >= 4 is 17.3 Å². The predicted octanol–water partition coefficient (Wildman–Crippen LogP) is 3.01. The monoisotopic (exact) mass is 273 g/mol. The fraction of sp³-hybridized carbons (Fsp3) is 0.600. The molecule has 0 saturated heterocycles. The van der Waals surface area contributed by atoms with Crippen molar-refractivity contribution in [2.75, 3.05) is 17.7 Å². The Morgan fingerprint density at radius 3 is 2.95 bits per heavy atom. The van der Waals surface area contributed by atoms with Gasteiger partial charge in [0.05, 0.1) is 6.20 Å². The Morgan fingerprint density at radius 2 is 2.25 bits per heavy atom. The standard InChI is InChI=1S/C15H23N5/c1-4-11-5-6-12(10(11)2)18-14-15-17-7-8-20(15)9-13(16-3)19-14/h7-12,16H,4-6H2,1-3H3,(H,18,19). The van der Waals surface area contributed by atoms with Crippen molar-refractivity contribution in [2.45, 2.75) is 39.2 Å². The highest BCUT2D eigenvalue weighted by Crippen LogP contribution is 2.35. The molecule has 1 fully saturated rings. The second-order valence-corrected chi connectivity index (χ2v) is 5.74. The molecule has 1 aliphatic carbocycles. The molecule has 0 amide bonds. The number of nitrogens with one attached hydrogen (secondary N) is 2. The first kappa shape index (κ1) is 13.2. The van der Waals surface area contributed by atoms with Crippen LogP contribution >= 0.6 is 0 Å². The lowest BCUT2D eigenvalue weighted by atomic mass is 9.93. The van der Waals surface area contributed by atoms with Gasteiger partial charge in [-0.3, -0.25) is 0 Å². The van der Waals surface area contributed by atoms with Gasteiger partial charge in [0.1, 0.15) is 5.82 Å². The van der Waals surface area contributed by atoms with Gasteiger partial charge in [-0.1, -0.05) is 20.3 Å². The van der Waals surface area contributed by atoms with Crippen LogP contribution in [0.4, 0.5) is 11.6 Å². The van der Waals surface area contributed by atoms with Crippen LogP contribution in [-0.2, 0) is 0 Å². The Bertz CT molecular complexity index is 591. The number of hydrogen-bond donors (Lipinski definition) is 2. The molecule has 20 heavy (non-hydrogen) atoms. The maximum Gasteiger partial charge on any atom is 0.180 e. The zero-order valence-electron chi connectivity index (χ0n) is 12.4. The molecular formula is C15H23N5. The molecule has 0 bridgehead atoms. The molecule has 2 aromatic heterocycles. The minimum atomic E-state index is 0.500. The number of anilines is 2. The van der Waals surface area contributed by atoms with E-state index in [9.17, 15) is 0 Å². The highest BCUT2D eigenvalue weighted by Gasteiger charge is 2.32. The fourth-order valence-electron chi connectivity index (χ4n) is 3.35. The van der Waals surface area contributed by atoms with Gasteiger partial charge in [0.2, 0.25) is 0 Å². The first-order valence-corrected chi connectivity index (χ1v) is 7.51. The lowest BCUT2D eigenvalue weighted by Gasteiger charge is -2.22. The molecule has 0 spiro atoms. The number of aromatic nitrogens is 3. The first-order chi connectivity index (χ1) is 9.72. The van der Waals surface area contributed by atoms with Crippen molar-refractivity contribution in [2.24, 2.45) is 11.8 Å². The van der Waals surface area contributed by atoms with Crippen LogP contribution in [0, 0.1) is 11.8 Å². The van der Waals surface area contributed by atoms with E-state index in [0.29, 0.717) is 12.0 Å². The molecular weight excluding hydrogens is 250 g/mol. The summed E-state index contributed by atoms with van der Waals surface area (Å²) in [7, 11) is 1.89. The van der Waals surface area contributed by atoms with Crippen LogP contribution in [0.25, 0.3) is 5.65 Å². The molecule has 0 radical (unpaired) electrons. The Kier molecular flexibility index (Phi) is 3.51. The average Bonchev–Trinajstić information content (AvgIpc) is 3.06. The summed E-state index contributed by atoms with van der Waals surface area (Å²) in [5.41, 5.74) is 0.899. The highest BCUT2D eigenvalue weighted by atomic mass is 15.1. The SMILES string of the molecule is CCC1CCC(Nc2nc(NC)cn3ccnc23)C1C. The van der Waals surface area contributed by atoms with E-state index in [1.807, 2.05) is 30.0 Å². The minimum Gasteiger partial charge on any atom is -0.372 e. The number of hydrogen-bond acceptors (Lipinski definition) is 4. The van der Waals surface area contributed by atoms with Gasteiger partial charge in [0.15, 0.2) is 11.5 Å². The van der Waals surface area contributed by atoms with E-state index in [-0.39, 0.29) is 0 Å². The molecule has 0 aromatic carbocycles. The van der Waals surface area contributed by atoms with Crippen LogP contribution in [-0.4, -0.2) is 27.5 Å². The fourth-order valence-corrected chi connectivity index (χ4v) is 3.35. The maximum atomic E-state index is 4.63. The molecule has 3 atom stereocenters. The molecule has 2 heterocycles. The summed E-state index contributed by atoms with van der Waals surface area (Å²) in [6, 6.07) is 0.500. The normalized spacial score (nSPS) is 26.1. The van der Waals surface area contributed by atoms with Crippen molar-refractivity contribution in [1.82, 2.24) is 14.4 Å². The third-order valence-electron chi connectivity index (χ3n) is 4.70. The minimum absolute atomic E-state index is 0.500.